The lowest BCUT2D eigenvalue weighted by Crippen LogP contribution is -2.43. The topological polar surface area (TPSA) is 34.1 Å². The van der Waals surface area contributed by atoms with E-state index in [4.69, 9.17) is 0 Å². The highest BCUT2D eigenvalue weighted by Gasteiger charge is 2.57. The zero-order valence-corrected chi connectivity index (χ0v) is 11.1. The van der Waals surface area contributed by atoms with Gasteiger partial charge in [0.05, 0.1) is 0 Å². The summed E-state index contributed by atoms with van der Waals surface area (Å²) in [5.74, 6) is -1.73. The van der Waals surface area contributed by atoms with Gasteiger partial charge in [0.25, 0.3) is 0 Å². The molecule has 0 bridgehead atoms. The standard InChI is InChI=1S/C11H18BF3O2S/c13-11(14,15)18(16,17)12(9-5-1-2-6-9)10-7-3-4-8-10/h9-10H,1-8H2. The van der Waals surface area contributed by atoms with Crippen molar-refractivity contribution in [3.05, 3.63) is 0 Å². The van der Waals surface area contributed by atoms with Crippen LogP contribution in [-0.2, 0) is 9.69 Å². The minimum Gasteiger partial charge on any atom is -0.232 e. The van der Waals surface area contributed by atoms with Crippen LogP contribution >= 0.6 is 0 Å². The zero-order chi connectivity index (χ0) is 13.4. The largest absolute Gasteiger partial charge is 0.486 e. The van der Waals surface area contributed by atoms with Crippen molar-refractivity contribution in [2.75, 3.05) is 0 Å². The second-order valence-corrected chi connectivity index (χ2v) is 7.64. The van der Waals surface area contributed by atoms with Crippen LogP contribution < -0.4 is 0 Å². The third-order valence-corrected chi connectivity index (χ3v) is 6.54. The molecule has 2 nitrogen and oxygen atoms in total. The Morgan fingerprint density at radius 2 is 1.17 bits per heavy atom. The quantitative estimate of drug-likeness (QED) is 0.738. The van der Waals surface area contributed by atoms with Crippen molar-refractivity contribution in [3.8, 4) is 0 Å². The summed E-state index contributed by atoms with van der Waals surface area (Å²) < 4.78 is 62.0. The van der Waals surface area contributed by atoms with Crippen molar-refractivity contribution in [2.24, 2.45) is 0 Å². The van der Waals surface area contributed by atoms with Gasteiger partial charge < -0.3 is 0 Å². The minimum atomic E-state index is -5.09. The monoisotopic (exact) mass is 282 g/mol. The van der Waals surface area contributed by atoms with Crippen molar-refractivity contribution in [2.45, 2.75) is 68.5 Å². The molecular formula is C11H18BF3O2S. The van der Waals surface area contributed by atoms with Crippen molar-refractivity contribution in [1.29, 1.82) is 0 Å². The van der Waals surface area contributed by atoms with Crippen LogP contribution in [0.3, 0.4) is 0 Å². The van der Waals surface area contributed by atoms with Crippen LogP contribution in [-0.4, -0.2) is 19.9 Å². The second kappa shape index (κ2) is 5.06. The second-order valence-electron chi connectivity index (χ2n) is 5.54. The van der Waals surface area contributed by atoms with Gasteiger partial charge in [-0.15, -0.1) is 0 Å². The fraction of sp³-hybridized carbons (Fsp3) is 1.00. The number of rotatable bonds is 3. The smallest absolute Gasteiger partial charge is 0.232 e. The maximum Gasteiger partial charge on any atom is 0.486 e. The van der Waals surface area contributed by atoms with Gasteiger partial charge in [0, 0.05) is 0 Å². The number of hydrogen-bond donors (Lipinski definition) is 0. The van der Waals surface area contributed by atoms with E-state index in [1.54, 1.807) is 0 Å². The summed E-state index contributed by atoms with van der Waals surface area (Å²) in [7, 11) is -5.01. The highest BCUT2D eigenvalue weighted by molar-refractivity contribution is 8.19. The maximum absolute atomic E-state index is 12.8. The fourth-order valence-electron chi connectivity index (χ4n) is 3.62. The van der Waals surface area contributed by atoms with Gasteiger partial charge in [-0.2, -0.15) is 13.2 Å². The summed E-state index contributed by atoms with van der Waals surface area (Å²) in [6.07, 6.45) is 5.99. The molecule has 2 fully saturated rings. The normalized spacial score (nSPS) is 23.7. The Hall–Kier alpha value is -0.195. The molecule has 7 heteroatoms. The Kier molecular flexibility index (Phi) is 4.00. The van der Waals surface area contributed by atoms with Crippen molar-refractivity contribution in [1.82, 2.24) is 0 Å². The lowest BCUT2D eigenvalue weighted by molar-refractivity contribution is -0.0416. The summed E-state index contributed by atoms with van der Waals surface area (Å²) in [5, 5.41) is 0. The van der Waals surface area contributed by atoms with E-state index >= 15 is 0 Å². The van der Waals surface area contributed by atoms with Gasteiger partial charge in [-0.05, 0) is 11.6 Å². The SMILES string of the molecule is O=S(=O)(B(C1CCCC1)C1CCCC1)C(F)(F)F. The van der Waals surface area contributed by atoms with Crippen LogP contribution in [0.2, 0.25) is 11.6 Å². The molecule has 0 heterocycles. The van der Waals surface area contributed by atoms with Crippen LogP contribution in [0.25, 0.3) is 0 Å². The Morgan fingerprint density at radius 1 is 0.833 bits per heavy atom. The van der Waals surface area contributed by atoms with E-state index in [-0.39, 0.29) is 11.6 Å². The molecular weight excluding hydrogens is 264 g/mol. The molecule has 0 aliphatic heterocycles. The first-order chi connectivity index (χ1) is 8.34. The van der Waals surface area contributed by atoms with Crippen LogP contribution in [0.15, 0.2) is 0 Å². The Balaban J connectivity index is 2.29. The Labute approximate surface area is 106 Å². The van der Waals surface area contributed by atoms with Gasteiger partial charge in [0.1, 0.15) is 0 Å². The summed E-state index contributed by atoms with van der Waals surface area (Å²) in [5.41, 5.74) is -5.09. The first kappa shape index (κ1) is 14.2. The van der Waals surface area contributed by atoms with Crippen molar-refractivity contribution in [3.63, 3.8) is 0 Å². The lowest BCUT2D eigenvalue weighted by atomic mass is 9.51. The molecule has 2 rings (SSSR count). The molecule has 2 aliphatic rings. The van der Waals surface area contributed by atoms with Crippen LogP contribution in [0, 0.1) is 0 Å². The van der Waals surface area contributed by atoms with E-state index in [1.807, 2.05) is 0 Å². The zero-order valence-electron chi connectivity index (χ0n) is 10.2. The van der Waals surface area contributed by atoms with Gasteiger partial charge >= 0.3 is 11.5 Å². The van der Waals surface area contributed by atoms with Gasteiger partial charge in [-0.25, -0.2) is 8.42 Å². The van der Waals surface area contributed by atoms with Crippen LogP contribution in [0.1, 0.15) is 51.4 Å². The first-order valence-electron chi connectivity index (χ1n) is 6.64. The molecule has 0 N–H and O–H groups in total. The molecule has 0 amide bonds. The lowest BCUT2D eigenvalue weighted by Gasteiger charge is -2.26. The van der Waals surface area contributed by atoms with E-state index in [0.717, 1.165) is 25.7 Å². The van der Waals surface area contributed by atoms with Crippen molar-refractivity contribution >= 4 is 15.7 Å². The molecule has 0 spiro atoms. The van der Waals surface area contributed by atoms with Gasteiger partial charge in [-0.3, -0.25) is 0 Å². The molecule has 0 aromatic rings. The highest BCUT2D eigenvalue weighted by Crippen LogP contribution is 2.48. The summed E-state index contributed by atoms with van der Waals surface area (Å²) >= 11 is 0. The van der Waals surface area contributed by atoms with Gasteiger partial charge in [0.15, 0.2) is 0 Å². The average Bonchev–Trinajstić information content (AvgIpc) is 2.88. The third kappa shape index (κ3) is 2.56. The third-order valence-electron chi connectivity index (χ3n) is 4.41. The predicted octanol–water partition coefficient (Wildman–Crippen LogP) is 3.80. The minimum absolute atomic E-state index is 0.278. The molecule has 0 radical (unpaired) electrons. The molecule has 0 unspecified atom stereocenters. The molecule has 2 aliphatic carbocycles. The summed E-state index contributed by atoms with van der Waals surface area (Å²) in [4.78, 5) is 0. The van der Waals surface area contributed by atoms with Crippen LogP contribution in [0.4, 0.5) is 13.2 Å². The molecule has 0 aromatic carbocycles. The molecule has 0 aromatic heterocycles. The maximum atomic E-state index is 12.8. The first-order valence-corrected chi connectivity index (χ1v) is 8.19. The highest BCUT2D eigenvalue weighted by atomic mass is 32.2. The van der Waals surface area contributed by atoms with E-state index in [9.17, 15) is 21.6 Å². The van der Waals surface area contributed by atoms with E-state index in [0.29, 0.717) is 25.7 Å². The molecule has 0 saturated heterocycles. The molecule has 2 saturated carbocycles. The molecule has 18 heavy (non-hydrogen) atoms. The summed E-state index contributed by atoms with van der Waals surface area (Å²) in [6.45, 7) is 0. The van der Waals surface area contributed by atoms with E-state index in [1.165, 1.54) is 0 Å². The molecule has 0 atom stereocenters. The van der Waals surface area contributed by atoms with Gasteiger partial charge in [0.2, 0.25) is 9.69 Å². The Morgan fingerprint density at radius 3 is 1.44 bits per heavy atom. The summed E-state index contributed by atoms with van der Waals surface area (Å²) in [6, 6.07) is 0. The van der Waals surface area contributed by atoms with E-state index < -0.39 is 21.2 Å². The Bertz CT molecular complexity index is 366. The van der Waals surface area contributed by atoms with E-state index in [2.05, 4.69) is 0 Å². The van der Waals surface area contributed by atoms with Crippen molar-refractivity contribution < 1.29 is 21.6 Å². The number of hydrogen-bond acceptors (Lipinski definition) is 2. The molecule has 104 valence electrons. The number of alkyl halides is 3. The van der Waals surface area contributed by atoms with Crippen LogP contribution in [0.5, 0.6) is 0 Å². The van der Waals surface area contributed by atoms with Gasteiger partial charge in [-0.1, -0.05) is 51.4 Å². The predicted molar refractivity (Wildman–Crippen MR) is 65.2 cm³/mol. The average molecular weight is 282 g/mol. The number of halogens is 3. The fourth-order valence-corrected chi connectivity index (χ4v) is 5.48.